The van der Waals surface area contributed by atoms with Gasteiger partial charge in [0, 0.05) is 22.6 Å². The van der Waals surface area contributed by atoms with Crippen LogP contribution in [0.2, 0.25) is 0 Å². The van der Waals surface area contributed by atoms with Gasteiger partial charge in [0.2, 0.25) is 0 Å². The number of carbonyl (C=O) groups excluding carboxylic acids is 1. The molecule has 2 nitrogen and oxygen atoms in total. The molecular formula is C15H14BrClFNO. The molecule has 0 aliphatic heterocycles. The van der Waals surface area contributed by atoms with E-state index in [2.05, 4.69) is 15.9 Å². The van der Waals surface area contributed by atoms with Gasteiger partial charge in [-0.25, -0.2) is 4.39 Å². The zero-order chi connectivity index (χ0) is 15.0. The molecule has 5 heteroatoms. The molecule has 0 N–H and O–H groups in total. The first kappa shape index (κ1) is 15.3. The second kappa shape index (κ2) is 5.70. The molecule has 0 radical (unpaired) electrons. The third kappa shape index (κ3) is 2.54. The van der Waals surface area contributed by atoms with Crippen LogP contribution in [-0.4, -0.2) is 16.2 Å². The largest absolute Gasteiger partial charge is 0.317 e. The normalized spacial score (nSPS) is 10.9. The Morgan fingerprint density at radius 2 is 1.95 bits per heavy atom. The van der Waals surface area contributed by atoms with Crippen molar-refractivity contribution in [3.05, 3.63) is 51.0 Å². The monoisotopic (exact) mass is 357 g/mol. The molecule has 1 aromatic heterocycles. The Labute approximate surface area is 130 Å². The van der Waals surface area contributed by atoms with E-state index in [1.54, 1.807) is 6.07 Å². The van der Waals surface area contributed by atoms with Gasteiger partial charge in [0.1, 0.15) is 5.82 Å². The van der Waals surface area contributed by atoms with Gasteiger partial charge in [-0.1, -0.05) is 0 Å². The molecule has 0 atom stereocenters. The molecule has 0 aliphatic carbocycles. The highest BCUT2D eigenvalue weighted by Gasteiger charge is 2.17. The van der Waals surface area contributed by atoms with E-state index in [1.165, 1.54) is 6.07 Å². The maximum absolute atomic E-state index is 13.5. The number of nitrogens with zero attached hydrogens (tertiary/aromatic N) is 1. The SMILES string of the molecule is Cc1cc(F)c(Br)cc1-n1c(C)cc(C(=O)CCl)c1C. The number of benzene rings is 1. The molecule has 0 unspecified atom stereocenters. The Bertz CT molecular complexity index is 694. The lowest BCUT2D eigenvalue weighted by Gasteiger charge is -2.14. The molecule has 0 aliphatic rings. The van der Waals surface area contributed by atoms with E-state index < -0.39 is 0 Å². The minimum Gasteiger partial charge on any atom is -0.317 e. The van der Waals surface area contributed by atoms with Crippen LogP contribution in [0.15, 0.2) is 22.7 Å². The van der Waals surface area contributed by atoms with E-state index in [-0.39, 0.29) is 17.5 Å². The van der Waals surface area contributed by atoms with Gasteiger partial charge in [-0.2, -0.15) is 0 Å². The fraction of sp³-hybridized carbons (Fsp3) is 0.267. The van der Waals surface area contributed by atoms with E-state index in [0.717, 1.165) is 22.6 Å². The fourth-order valence-electron chi connectivity index (χ4n) is 2.36. The summed E-state index contributed by atoms with van der Waals surface area (Å²) >= 11 is 8.83. The van der Waals surface area contributed by atoms with Crippen molar-refractivity contribution >= 4 is 33.3 Å². The van der Waals surface area contributed by atoms with Gasteiger partial charge in [0.05, 0.1) is 10.4 Å². The molecule has 0 saturated carbocycles. The standard InChI is InChI=1S/C15H14BrClFNO/c1-8-4-13(18)12(16)6-14(8)19-9(2)5-11(10(19)3)15(20)7-17/h4-6H,7H2,1-3H3. The lowest BCUT2D eigenvalue weighted by atomic mass is 10.1. The number of halogens is 3. The molecule has 2 aromatic rings. The maximum Gasteiger partial charge on any atom is 0.179 e. The first-order valence-corrected chi connectivity index (χ1v) is 7.43. The third-order valence-electron chi connectivity index (χ3n) is 3.33. The topological polar surface area (TPSA) is 22.0 Å². The second-order valence-corrected chi connectivity index (χ2v) is 5.85. The Kier molecular flexibility index (Phi) is 4.35. The fourth-order valence-corrected chi connectivity index (χ4v) is 2.84. The number of Topliss-reactive ketones (excluding diaryl/α,β-unsaturated/α-hetero) is 1. The Hall–Kier alpha value is -1.13. The lowest BCUT2D eigenvalue weighted by Crippen LogP contribution is -2.05. The van der Waals surface area contributed by atoms with Gasteiger partial charge in [0.15, 0.2) is 5.78 Å². The average Bonchev–Trinajstić information content (AvgIpc) is 2.69. The van der Waals surface area contributed by atoms with Crippen molar-refractivity contribution < 1.29 is 9.18 Å². The van der Waals surface area contributed by atoms with Crippen molar-refractivity contribution in [1.29, 1.82) is 0 Å². The maximum atomic E-state index is 13.5. The van der Waals surface area contributed by atoms with Crippen LogP contribution in [0.1, 0.15) is 27.3 Å². The molecule has 20 heavy (non-hydrogen) atoms. The average molecular weight is 359 g/mol. The minimum atomic E-state index is -0.300. The van der Waals surface area contributed by atoms with Crippen molar-refractivity contribution in [3.63, 3.8) is 0 Å². The van der Waals surface area contributed by atoms with Crippen molar-refractivity contribution in [1.82, 2.24) is 4.57 Å². The van der Waals surface area contributed by atoms with Gasteiger partial charge >= 0.3 is 0 Å². The van der Waals surface area contributed by atoms with Crippen molar-refractivity contribution in [2.75, 3.05) is 5.88 Å². The number of rotatable bonds is 3. The quantitative estimate of drug-likeness (QED) is 0.574. The molecule has 106 valence electrons. The summed E-state index contributed by atoms with van der Waals surface area (Å²) in [7, 11) is 0. The van der Waals surface area contributed by atoms with Crippen LogP contribution in [0, 0.1) is 26.6 Å². The first-order chi connectivity index (χ1) is 9.36. The summed E-state index contributed by atoms with van der Waals surface area (Å²) in [6, 6.07) is 5.01. The highest BCUT2D eigenvalue weighted by molar-refractivity contribution is 9.10. The van der Waals surface area contributed by atoms with E-state index in [1.807, 2.05) is 31.4 Å². The molecule has 0 bridgehead atoms. The smallest absolute Gasteiger partial charge is 0.179 e. The molecule has 0 spiro atoms. The Morgan fingerprint density at radius 3 is 2.55 bits per heavy atom. The summed E-state index contributed by atoms with van der Waals surface area (Å²) < 4.78 is 15.9. The van der Waals surface area contributed by atoms with Crippen LogP contribution in [0.25, 0.3) is 5.69 Å². The number of hydrogen-bond acceptors (Lipinski definition) is 1. The molecule has 0 amide bonds. The van der Waals surface area contributed by atoms with Crippen LogP contribution in [-0.2, 0) is 0 Å². The van der Waals surface area contributed by atoms with E-state index >= 15 is 0 Å². The summed E-state index contributed by atoms with van der Waals surface area (Å²) in [5.41, 5.74) is 3.99. The number of ketones is 1. The summed E-state index contributed by atoms with van der Waals surface area (Å²) in [6.07, 6.45) is 0. The van der Waals surface area contributed by atoms with Gasteiger partial charge in [-0.05, 0) is 60.5 Å². The summed E-state index contributed by atoms with van der Waals surface area (Å²) in [5, 5.41) is 0. The zero-order valence-electron chi connectivity index (χ0n) is 11.4. The second-order valence-electron chi connectivity index (χ2n) is 4.73. The highest BCUT2D eigenvalue weighted by Crippen LogP contribution is 2.28. The number of aryl methyl sites for hydroxylation is 2. The Balaban J connectivity index is 2.68. The van der Waals surface area contributed by atoms with Gasteiger partial charge < -0.3 is 4.57 Å². The van der Waals surface area contributed by atoms with Crippen LogP contribution in [0.4, 0.5) is 4.39 Å². The van der Waals surface area contributed by atoms with Crippen molar-refractivity contribution in [2.24, 2.45) is 0 Å². The summed E-state index contributed by atoms with van der Waals surface area (Å²) in [4.78, 5) is 11.8. The molecule has 0 fully saturated rings. The predicted molar refractivity (Wildman–Crippen MR) is 82.7 cm³/mol. The summed E-state index contributed by atoms with van der Waals surface area (Å²) in [5.74, 6) is -0.452. The van der Waals surface area contributed by atoms with Crippen molar-refractivity contribution in [3.8, 4) is 5.69 Å². The van der Waals surface area contributed by atoms with Crippen LogP contribution in [0.3, 0.4) is 0 Å². The number of aromatic nitrogens is 1. The predicted octanol–water partition coefficient (Wildman–Crippen LogP) is 4.73. The molecule has 1 heterocycles. The minimum absolute atomic E-state index is 0.0453. The first-order valence-electron chi connectivity index (χ1n) is 6.11. The van der Waals surface area contributed by atoms with Gasteiger partial charge in [-0.3, -0.25) is 4.79 Å². The van der Waals surface area contributed by atoms with Gasteiger partial charge in [0.25, 0.3) is 0 Å². The third-order valence-corrected chi connectivity index (χ3v) is 4.18. The molecule has 2 rings (SSSR count). The highest BCUT2D eigenvalue weighted by atomic mass is 79.9. The van der Waals surface area contributed by atoms with Crippen LogP contribution in [0.5, 0.6) is 0 Å². The van der Waals surface area contributed by atoms with E-state index in [4.69, 9.17) is 11.6 Å². The van der Waals surface area contributed by atoms with E-state index in [9.17, 15) is 9.18 Å². The number of carbonyl (C=O) groups is 1. The van der Waals surface area contributed by atoms with Crippen molar-refractivity contribution in [2.45, 2.75) is 20.8 Å². The van der Waals surface area contributed by atoms with Crippen LogP contribution < -0.4 is 0 Å². The van der Waals surface area contributed by atoms with E-state index in [0.29, 0.717) is 10.0 Å². The summed E-state index contributed by atoms with van der Waals surface area (Å²) in [6.45, 7) is 5.62. The lowest BCUT2D eigenvalue weighted by molar-refractivity contribution is 0.102. The number of hydrogen-bond donors (Lipinski definition) is 0. The number of alkyl halides is 1. The Morgan fingerprint density at radius 1 is 1.30 bits per heavy atom. The van der Waals surface area contributed by atoms with Gasteiger partial charge in [-0.15, -0.1) is 11.6 Å². The van der Waals surface area contributed by atoms with Crippen LogP contribution >= 0.6 is 27.5 Å². The molecule has 1 aromatic carbocycles. The molecule has 0 saturated heterocycles. The zero-order valence-corrected chi connectivity index (χ0v) is 13.8. The molecular weight excluding hydrogens is 345 g/mol.